The summed E-state index contributed by atoms with van der Waals surface area (Å²) >= 11 is 0. The van der Waals surface area contributed by atoms with Gasteiger partial charge in [0, 0.05) is 53.2 Å². The SMILES string of the molecule is Cc1cc(Nc2cccc(C#N)c2)nc(-c2cnc(C(=O)NCc3ccc(-c4cc(F)cnc4C)nc3)c(F)c2)n1. The third-order valence-corrected chi connectivity index (χ3v) is 6.04. The fourth-order valence-electron chi connectivity index (χ4n) is 4.02. The molecule has 5 rings (SSSR count). The molecular formula is C30H22F2N8O. The minimum Gasteiger partial charge on any atom is -0.346 e. The number of hydrogen-bond donors (Lipinski definition) is 2. The predicted molar refractivity (Wildman–Crippen MR) is 148 cm³/mol. The fourth-order valence-corrected chi connectivity index (χ4v) is 4.02. The first-order chi connectivity index (χ1) is 19.8. The maximum atomic E-state index is 15.0. The fraction of sp³-hybridized carbons (Fsp3) is 0.100. The van der Waals surface area contributed by atoms with Crippen LogP contribution in [0.2, 0.25) is 0 Å². The van der Waals surface area contributed by atoms with Gasteiger partial charge < -0.3 is 10.6 Å². The van der Waals surface area contributed by atoms with Gasteiger partial charge in [0.15, 0.2) is 17.3 Å². The summed E-state index contributed by atoms with van der Waals surface area (Å²) in [4.78, 5) is 33.8. The van der Waals surface area contributed by atoms with Crippen molar-refractivity contribution in [1.29, 1.82) is 5.26 Å². The van der Waals surface area contributed by atoms with Crippen molar-refractivity contribution >= 4 is 17.4 Å². The molecular weight excluding hydrogens is 526 g/mol. The molecule has 202 valence electrons. The molecule has 0 fully saturated rings. The molecule has 0 radical (unpaired) electrons. The van der Waals surface area contributed by atoms with Crippen LogP contribution in [0.15, 0.2) is 73.2 Å². The predicted octanol–water partition coefficient (Wildman–Crippen LogP) is 5.44. The Hall–Kier alpha value is -5.63. The molecule has 0 spiro atoms. The van der Waals surface area contributed by atoms with Crippen LogP contribution in [0.25, 0.3) is 22.6 Å². The molecule has 0 aliphatic carbocycles. The second-order valence-corrected chi connectivity index (χ2v) is 9.11. The molecule has 4 heterocycles. The topological polar surface area (TPSA) is 129 Å². The lowest BCUT2D eigenvalue weighted by molar-refractivity contribution is 0.0941. The van der Waals surface area contributed by atoms with Crippen molar-refractivity contribution in [1.82, 2.24) is 30.2 Å². The molecule has 0 atom stereocenters. The van der Waals surface area contributed by atoms with Gasteiger partial charge in [0.1, 0.15) is 11.6 Å². The van der Waals surface area contributed by atoms with E-state index < -0.39 is 17.5 Å². The van der Waals surface area contributed by atoms with Gasteiger partial charge in [-0.25, -0.2) is 23.7 Å². The molecule has 41 heavy (non-hydrogen) atoms. The number of rotatable bonds is 7. The second-order valence-electron chi connectivity index (χ2n) is 9.11. The number of carbonyl (C=O) groups is 1. The minimum atomic E-state index is -0.830. The zero-order chi connectivity index (χ0) is 28.9. The van der Waals surface area contributed by atoms with Crippen molar-refractivity contribution in [3.8, 4) is 28.7 Å². The van der Waals surface area contributed by atoms with Gasteiger partial charge in [0.05, 0.1) is 23.5 Å². The van der Waals surface area contributed by atoms with E-state index in [0.29, 0.717) is 50.8 Å². The molecule has 0 aliphatic heterocycles. The van der Waals surface area contributed by atoms with Crippen LogP contribution in [0.3, 0.4) is 0 Å². The van der Waals surface area contributed by atoms with E-state index in [-0.39, 0.29) is 18.1 Å². The van der Waals surface area contributed by atoms with E-state index in [1.807, 2.05) is 0 Å². The van der Waals surface area contributed by atoms with E-state index in [0.717, 1.165) is 12.3 Å². The van der Waals surface area contributed by atoms with Gasteiger partial charge in [-0.15, -0.1) is 0 Å². The highest BCUT2D eigenvalue weighted by molar-refractivity contribution is 5.92. The number of aromatic nitrogens is 5. The van der Waals surface area contributed by atoms with Gasteiger partial charge >= 0.3 is 0 Å². The first-order valence-corrected chi connectivity index (χ1v) is 12.4. The first kappa shape index (κ1) is 27.0. The van der Waals surface area contributed by atoms with Gasteiger partial charge in [-0.1, -0.05) is 12.1 Å². The zero-order valence-electron chi connectivity index (χ0n) is 22.0. The highest BCUT2D eigenvalue weighted by atomic mass is 19.1. The lowest BCUT2D eigenvalue weighted by Crippen LogP contribution is -2.25. The summed E-state index contributed by atoms with van der Waals surface area (Å²) in [6, 6.07) is 16.6. The molecule has 1 aromatic carbocycles. The summed E-state index contributed by atoms with van der Waals surface area (Å²) in [7, 11) is 0. The van der Waals surface area contributed by atoms with Crippen molar-refractivity contribution in [3.05, 3.63) is 113 Å². The number of nitrogens with zero attached hydrogens (tertiary/aromatic N) is 6. The van der Waals surface area contributed by atoms with Gasteiger partial charge in [-0.3, -0.25) is 14.8 Å². The Balaban J connectivity index is 1.27. The Labute approximate surface area is 234 Å². The molecule has 0 saturated heterocycles. The Morgan fingerprint density at radius 3 is 2.56 bits per heavy atom. The average molecular weight is 549 g/mol. The highest BCUT2D eigenvalue weighted by Gasteiger charge is 2.16. The van der Waals surface area contributed by atoms with Crippen LogP contribution in [-0.2, 0) is 6.54 Å². The van der Waals surface area contributed by atoms with Crippen molar-refractivity contribution in [2.24, 2.45) is 0 Å². The number of carbonyl (C=O) groups excluding carboxylic acids is 1. The lowest BCUT2D eigenvalue weighted by Gasteiger charge is -2.10. The van der Waals surface area contributed by atoms with Crippen LogP contribution in [0.5, 0.6) is 0 Å². The van der Waals surface area contributed by atoms with Crippen molar-refractivity contribution < 1.29 is 13.6 Å². The lowest BCUT2D eigenvalue weighted by atomic mass is 10.1. The maximum Gasteiger partial charge on any atom is 0.273 e. The van der Waals surface area contributed by atoms with E-state index in [1.165, 1.54) is 12.3 Å². The van der Waals surface area contributed by atoms with Gasteiger partial charge in [-0.05, 0) is 55.8 Å². The monoisotopic (exact) mass is 548 g/mol. The summed E-state index contributed by atoms with van der Waals surface area (Å²) in [5.41, 5.74) is 4.10. The number of benzene rings is 1. The Morgan fingerprint density at radius 2 is 1.80 bits per heavy atom. The van der Waals surface area contributed by atoms with Gasteiger partial charge in [-0.2, -0.15) is 5.26 Å². The van der Waals surface area contributed by atoms with E-state index in [2.05, 4.69) is 41.6 Å². The second kappa shape index (κ2) is 11.6. The molecule has 11 heteroatoms. The third-order valence-electron chi connectivity index (χ3n) is 6.04. The molecule has 1 amide bonds. The number of aryl methyl sites for hydroxylation is 2. The Kier molecular flexibility index (Phi) is 7.65. The summed E-state index contributed by atoms with van der Waals surface area (Å²) in [5.74, 6) is -1.32. The molecule has 4 aromatic heterocycles. The number of pyridine rings is 3. The van der Waals surface area contributed by atoms with Crippen molar-refractivity contribution in [2.75, 3.05) is 5.32 Å². The number of anilines is 2. The van der Waals surface area contributed by atoms with Gasteiger partial charge in [0.25, 0.3) is 5.91 Å². The smallest absolute Gasteiger partial charge is 0.273 e. The molecule has 2 N–H and O–H groups in total. The highest BCUT2D eigenvalue weighted by Crippen LogP contribution is 2.23. The van der Waals surface area contributed by atoms with Crippen molar-refractivity contribution in [2.45, 2.75) is 20.4 Å². The standard InChI is InChI=1S/C30H22F2N8O/c1-17-8-27(39-23-5-3-4-19(9-23)12-33)40-29(38-17)21-10-25(32)28(36-15-21)30(41)37-14-20-6-7-26(35-13-20)24-11-22(31)16-34-18(24)2/h3-11,13,15-16H,14H2,1-2H3,(H,37,41)(H,38,39,40). The Morgan fingerprint density at radius 1 is 0.951 bits per heavy atom. The minimum absolute atomic E-state index is 0.0817. The van der Waals surface area contributed by atoms with E-state index in [1.54, 1.807) is 62.5 Å². The molecule has 9 nitrogen and oxygen atoms in total. The van der Waals surface area contributed by atoms with Crippen molar-refractivity contribution in [3.63, 3.8) is 0 Å². The molecule has 0 saturated carbocycles. The third kappa shape index (κ3) is 6.34. The normalized spacial score (nSPS) is 10.6. The van der Waals surface area contributed by atoms with Crippen LogP contribution in [0.1, 0.15) is 33.0 Å². The van der Waals surface area contributed by atoms with E-state index in [4.69, 9.17) is 5.26 Å². The van der Waals surface area contributed by atoms with Crippen LogP contribution >= 0.6 is 0 Å². The first-order valence-electron chi connectivity index (χ1n) is 12.4. The van der Waals surface area contributed by atoms with Crippen LogP contribution in [0, 0.1) is 36.8 Å². The molecule has 0 aliphatic rings. The number of nitriles is 1. The molecule has 0 unspecified atom stereocenters. The Bertz CT molecular complexity index is 1800. The van der Waals surface area contributed by atoms with Crippen LogP contribution in [-0.4, -0.2) is 30.8 Å². The van der Waals surface area contributed by atoms with E-state index >= 15 is 0 Å². The number of nitrogens with one attached hydrogen (secondary N) is 2. The summed E-state index contributed by atoms with van der Waals surface area (Å²) < 4.78 is 28.6. The average Bonchev–Trinajstić information content (AvgIpc) is 2.97. The van der Waals surface area contributed by atoms with E-state index in [9.17, 15) is 13.6 Å². The number of hydrogen-bond acceptors (Lipinski definition) is 8. The quantitative estimate of drug-likeness (QED) is 0.275. The van der Waals surface area contributed by atoms with Crippen LogP contribution < -0.4 is 10.6 Å². The number of amides is 1. The summed E-state index contributed by atoms with van der Waals surface area (Å²) in [6.07, 6.45) is 4.02. The van der Waals surface area contributed by atoms with Gasteiger partial charge in [0.2, 0.25) is 0 Å². The largest absolute Gasteiger partial charge is 0.346 e. The maximum absolute atomic E-state index is 15.0. The molecule has 0 bridgehead atoms. The summed E-state index contributed by atoms with van der Waals surface area (Å²) in [6.45, 7) is 3.61. The zero-order valence-corrected chi connectivity index (χ0v) is 22.0. The van der Waals surface area contributed by atoms with Crippen LogP contribution in [0.4, 0.5) is 20.3 Å². The summed E-state index contributed by atoms with van der Waals surface area (Å²) in [5, 5.41) is 14.9. The number of halogens is 2. The molecule has 5 aromatic rings.